The molecule has 3 nitrogen and oxygen atoms in total. The second-order valence-electron chi connectivity index (χ2n) is 7.80. The quantitative estimate of drug-likeness (QED) is 0.910. The van der Waals surface area contributed by atoms with Gasteiger partial charge in [0.2, 0.25) is 0 Å². The summed E-state index contributed by atoms with van der Waals surface area (Å²) in [6.07, 6.45) is 2.20. The van der Waals surface area contributed by atoms with Crippen molar-refractivity contribution >= 4 is 5.69 Å². The Labute approximate surface area is 132 Å². The van der Waals surface area contributed by atoms with Crippen molar-refractivity contribution in [3.63, 3.8) is 0 Å². The van der Waals surface area contributed by atoms with Crippen LogP contribution >= 0.6 is 0 Å². The summed E-state index contributed by atoms with van der Waals surface area (Å²) in [5.74, 6) is -0.145. The minimum absolute atomic E-state index is 0.00185. The van der Waals surface area contributed by atoms with Gasteiger partial charge in [-0.25, -0.2) is 4.39 Å². The molecule has 1 N–H and O–H groups in total. The van der Waals surface area contributed by atoms with Crippen LogP contribution in [0.4, 0.5) is 10.1 Å². The van der Waals surface area contributed by atoms with Gasteiger partial charge < -0.3 is 14.9 Å². The van der Waals surface area contributed by atoms with Crippen molar-refractivity contribution in [2.45, 2.75) is 44.6 Å². The smallest absolute Gasteiger partial charge is 0.123 e. The molecule has 1 spiro atoms. The van der Waals surface area contributed by atoms with Crippen LogP contribution in [0.5, 0.6) is 0 Å². The fourth-order valence-corrected chi connectivity index (χ4v) is 4.15. The largest absolute Gasteiger partial charge is 0.395 e. The van der Waals surface area contributed by atoms with Gasteiger partial charge in [-0.15, -0.1) is 0 Å². The Morgan fingerprint density at radius 1 is 1.27 bits per heavy atom. The summed E-state index contributed by atoms with van der Waals surface area (Å²) in [5.41, 5.74) is 2.36. The van der Waals surface area contributed by atoms with Crippen molar-refractivity contribution in [2.75, 3.05) is 37.7 Å². The maximum absolute atomic E-state index is 13.9. The Morgan fingerprint density at radius 3 is 2.73 bits per heavy atom. The van der Waals surface area contributed by atoms with Crippen molar-refractivity contribution in [1.82, 2.24) is 4.90 Å². The Bertz CT molecular complexity index is 553. The van der Waals surface area contributed by atoms with E-state index in [4.69, 9.17) is 0 Å². The molecule has 4 heteroatoms. The molecule has 22 heavy (non-hydrogen) atoms. The first-order chi connectivity index (χ1) is 10.4. The fraction of sp³-hybridized carbons (Fsp3) is 0.667. The number of benzene rings is 1. The molecule has 1 aromatic carbocycles. The van der Waals surface area contributed by atoms with Crippen LogP contribution < -0.4 is 4.90 Å². The summed E-state index contributed by atoms with van der Waals surface area (Å²) in [7, 11) is 0. The lowest BCUT2D eigenvalue weighted by molar-refractivity contribution is 0.124. The third-order valence-corrected chi connectivity index (χ3v) is 5.16. The minimum atomic E-state index is -0.145. The van der Waals surface area contributed by atoms with E-state index in [2.05, 4.69) is 30.6 Å². The lowest BCUT2D eigenvalue weighted by Crippen LogP contribution is -2.51. The fourth-order valence-electron chi connectivity index (χ4n) is 4.15. The van der Waals surface area contributed by atoms with Gasteiger partial charge in [0.1, 0.15) is 5.82 Å². The molecule has 0 radical (unpaired) electrons. The number of fused-ring (bicyclic) bond motifs is 2. The number of hydrogen-bond donors (Lipinski definition) is 1. The van der Waals surface area contributed by atoms with Crippen molar-refractivity contribution in [3.05, 3.63) is 29.6 Å². The van der Waals surface area contributed by atoms with Gasteiger partial charge in [0.05, 0.1) is 6.61 Å². The number of rotatable bonds is 2. The highest BCUT2D eigenvalue weighted by Crippen LogP contribution is 2.48. The maximum atomic E-state index is 13.9. The van der Waals surface area contributed by atoms with Crippen molar-refractivity contribution in [1.29, 1.82) is 0 Å². The molecule has 1 unspecified atom stereocenters. The molecule has 2 aliphatic rings. The van der Waals surface area contributed by atoms with Crippen LogP contribution in [-0.2, 0) is 5.41 Å². The summed E-state index contributed by atoms with van der Waals surface area (Å²) < 4.78 is 13.9. The Morgan fingerprint density at radius 2 is 2.05 bits per heavy atom. The first-order valence-corrected chi connectivity index (χ1v) is 8.27. The highest BCUT2D eigenvalue weighted by molar-refractivity contribution is 5.64. The zero-order valence-corrected chi connectivity index (χ0v) is 13.9. The molecular formula is C18H27FN2O. The first kappa shape index (κ1) is 15.8. The van der Waals surface area contributed by atoms with E-state index in [0.717, 1.165) is 38.0 Å². The van der Waals surface area contributed by atoms with E-state index in [1.165, 1.54) is 5.69 Å². The molecule has 0 aromatic heterocycles. The van der Waals surface area contributed by atoms with E-state index in [1.54, 1.807) is 12.1 Å². The molecule has 0 aliphatic carbocycles. The van der Waals surface area contributed by atoms with Crippen molar-refractivity contribution < 1.29 is 9.50 Å². The van der Waals surface area contributed by atoms with Gasteiger partial charge in [-0.05, 0) is 63.9 Å². The number of likely N-dealkylation sites (tertiary alicyclic amines) is 1. The van der Waals surface area contributed by atoms with Crippen molar-refractivity contribution in [3.8, 4) is 0 Å². The van der Waals surface area contributed by atoms with Crippen LogP contribution in [0.3, 0.4) is 0 Å². The van der Waals surface area contributed by atoms with Gasteiger partial charge >= 0.3 is 0 Å². The average molecular weight is 306 g/mol. The molecule has 1 aromatic rings. The summed E-state index contributed by atoms with van der Waals surface area (Å²) in [6, 6.07) is 5.25. The van der Waals surface area contributed by atoms with Crippen LogP contribution in [-0.4, -0.2) is 48.3 Å². The van der Waals surface area contributed by atoms with Crippen LogP contribution in [0.25, 0.3) is 0 Å². The molecular weight excluding hydrogens is 279 g/mol. The van der Waals surface area contributed by atoms with E-state index < -0.39 is 0 Å². The monoisotopic (exact) mass is 306 g/mol. The summed E-state index contributed by atoms with van der Waals surface area (Å²) >= 11 is 0. The van der Waals surface area contributed by atoms with E-state index in [9.17, 15) is 9.50 Å². The van der Waals surface area contributed by atoms with Crippen LogP contribution in [0.15, 0.2) is 18.2 Å². The predicted molar refractivity (Wildman–Crippen MR) is 87.9 cm³/mol. The predicted octanol–water partition coefficient (Wildman–Crippen LogP) is 2.77. The normalized spacial score (nSPS) is 25.8. The van der Waals surface area contributed by atoms with Gasteiger partial charge in [-0.2, -0.15) is 0 Å². The standard InChI is InChI=1S/C18H27FN2O/c1-17(2,3)21-13-18(7-4-8-20(12-18)9-10-22)15-11-14(19)5-6-16(15)21/h5-6,11,22H,4,7-10,12-13H2,1-3H3. The minimum Gasteiger partial charge on any atom is -0.395 e. The van der Waals surface area contributed by atoms with E-state index in [0.29, 0.717) is 6.54 Å². The summed E-state index contributed by atoms with van der Waals surface area (Å²) in [6.45, 7) is 10.4. The Kier molecular flexibility index (Phi) is 3.94. The number of anilines is 1. The average Bonchev–Trinajstić information content (AvgIpc) is 2.74. The lowest BCUT2D eigenvalue weighted by atomic mass is 9.75. The highest BCUT2D eigenvalue weighted by atomic mass is 19.1. The number of β-amino-alcohol motifs (C(OH)–C–C–N with tert-alkyl or cyclic N) is 1. The van der Waals surface area contributed by atoms with Crippen LogP contribution in [0.2, 0.25) is 0 Å². The molecule has 3 rings (SSSR count). The van der Waals surface area contributed by atoms with Crippen LogP contribution in [0, 0.1) is 5.82 Å². The van der Waals surface area contributed by atoms with E-state index in [1.807, 2.05) is 6.07 Å². The third-order valence-electron chi connectivity index (χ3n) is 5.16. The van der Waals surface area contributed by atoms with Crippen molar-refractivity contribution in [2.24, 2.45) is 0 Å². The summed E-state index contributed by atoms with van der Waals surface area (Å²) in [5, 5.41) is 9.26. The number of piperidine rings is 1. The number of halogens is 1. The summed E-state index contributed by atoms with van der Waals surface area (Å²) in [4.78, 5) is 4.74. The van der Waals surface area contributed by atoms with Gasteiger partial charge in [0.15, 0.2) is 0 Å². The molecule has 2 aliphatic heterocycles. The molecule has 1 fully saturated rings. The second kappa shape index (κ2) is 5.50. The molecule has 0 saturated carbocycles. The van der Waals surface area contributed by atoms with Gasteiger partial charge in [-0.3, -0.25) is 0 Å². The number of aliphatic hydroxyl groups excluding tert-OH is 1. The third kappa shape index (κ3) is 2.63. The van der Waals surface area contributed by atoms with E-state index >= 15 is 0 Å². The molecule has 0 amide bonds. The van der Waals surface area contributed by atoms with Crippen LogP contribution in [0.1, 0.15) is 39.2 Å². The molecule has 122 valence electrons. The number of nitrogens with zero attached hydrogens (tertiary/aromatic N) is 2. The highest BCUT2D eigenvalue weighted by Gasteiger charge is 2.47. The maximum Gasteiger partial charge on any atom is 0.123 e. The lowest BCUT2D eigenvalue weighted by Gasteiger charge is -2.42. The number of aliphatic hydroxyl groups is 1. The SMILES string of the molecule is CC(C)(C)N1CC2(CCCN(CCO)C2)c2cc(F)ccc21. The molecule has 2 heterocycles. The van der Waals surface area contributed by atoms with Gasteiger partial charge in [-0.1, -0.05) is 0 Å². The number of hydrogen-bond acceptors (Lipinski definition) is 3. The van der Waals surface area contributed by atoms with E-state index in [-0.39, 0.29) is 23.4 Å². The second-order valence-corrected chi connectivity index (χ2v) is 7.80. The first-order valence-electron chi connectivity index (χ1n) is 8.27. The molecule has 1 atom stereocenters. The molecule has 1 saturated heterocycles. The Balaban J connectivity index is 2.01. The van der Waals surface area contributed by atoms with Gasteiger partial charge in [0, 0.05) is 36.3 Å². The zero-order valence-electron chi connectivity index (χ0n) is 13.9. The topological polar surface area (TPSA) is 26.7 Å². The van der Waals surface area contributed by atoms with Gasteiger partial charge in [0.25, 0.3) is 0 Å². The zero-order chi connectivity index (χ0) is 16.0. The molecule has 0 bridgehead atoms. The Hall–Kier alpha value is -1.13.